The Morgan fingerprint density at radius 1 is 1.00 bits per heavy atom. The molecule has 2 unspecified atom stereocenters. The summed E-state index contributed by atoms with van der Waals surface area (Å²) in [7, 11) is 0. The second-order valence-electron chi connectivity index (χ2n) is 8.44. The van der Waals surface area contributed by atoms with Gasteiger partial charge in [0.1, 0.15) is 0 Å². The van der Waals surface area contributed by atoms with Gasteiger partial charge in [-0.2, -0.15) is 11.8 Å². The molecule has 1 nitrogen and oxygen atoms in total. The Morgan fingerprint density at radius 3 is 2.05 bits per heavy atom. The van der Waals surface area contributed by atoms with Gasteiger partial charge in [0, 0.05) is 11.8 Å². The van der Waals surface area contributed by atoms with Crippen LogP contribution in [0.15, 0.2) is 0 Å². The van der Waals surface area contributed by atoms with Crippen molar-refractivity contribution in [3.05, 3.63) is 0 Å². The van der Waals surface area contributed by atoms with Gasteiger partial charge in [0.05, 0.1) is 0 Å². The smallest absolute Gasteiger partial charge is 0.0214 e. The standard InChI is InChI=1S/C19H35NS/c1-4-14(3)12-21-13-18(20-5-2)19-9-15-6-16(10-19)8-17(7-15)11-19/h14-18,20H,4-13H2,1-3H3. The first kappa shape index (κ1) is 16.2. The van der Waals surface area contributed by atoms with E-state index in [9.17, 15) is 0 Å². The van der Waals surface area contributed by atoms with E-state index in [1.165, 1.54) is 17.9 Å². The van der Waals surface area contributed by atoms with Crippen LogP contribution >= 0.6 is 11.8 Å². The maximum Gasteiger partial charge on any atom is 0.0214 e. The normalized spacial score (nSPS) is 40.4. The second-order valence-corrected chi connectivity index (χ2v) is 9.52. The molecule has 1 N–H and O–H groups in total. The molecule has 0 radical (unpaired) electrons. The predicted octanol–water partition coefficient (Wildman–Crippen LogP) is 4.96. The largest absolute Gasteiger partial charge is 0.313 e. The Balaban J connectivity index is 1.63. The lowest BCUT2D eigenvalue weighted by Crippen LogP contribution is -2.56. The molecule has 4 fully saturated rings. The lowest BCUT2D eigenvalue weighted by Gasteiger charge is -2.59. The summed E-state index contributed by atoms with van der Waals surface area (Å²) in [6.45, 7) is 8.18. The number of nitrogens with one attached hydrogen (secondary N) is 1. The summed E-state index contributed by atoms with van der Waals surface area (Å²) in [6, 6.07) is 0.782. The Morgan fingerprint density at radius 2 is 1.57 bits per heavy atom. The van der Waals surface area contributed by atoms with Gasteiger partial charge in [-0.1, -0.05) is 27.2 Å². The van der Waals surface area contributed by atoms with E-state index < -0.39 is 0 Å². The number of rotatable bonds is 8. The summed E-state index contributed by atoms with van der Waals surface area (Å²) in [5, 5.41) is 3.91. The number of thioether (sulfide) groups is 1. The van der Waals surface area contributed by atoms with Crippen molar-refractivity contribution in [3.8, 4) is 0 Å². The third-order valence-electron chi connectivity index (χ3n) is 6.66. The van der Waals surface area contributed by atoms with Crippen LogP contribution in [0.25, 0.3) is 0 Å². The molecule has 21 heavy (non-hydrogen) atoms. The van der Waals surface area contributed by atoms with Crippen LogP contribution in [-0.4, -0.2) is 24.1 Å². The molecule has 0 amide bonds. The first-order chi connectivity index (χ1) is 10.1. The van der Waals surface area contributed by atoms with Gasteiger partial charge in [-0.15, -0.1) is 0 Å². The van der Waals surface area contributed by atoms with Gasteiger partial charge < -0.3 is 5.32 Å². The molecule has 4 bridgehead atoms. The van der Waals surface area contributed by atoms with Crippen LogP contribution in [0.1, 0.15) is 65.7 Å². The average molecular weight is 310 g/mol. The topological polar surface area (TPSA) is 12.0 Å². The molecule has 0 aromatic rings. The van der Waals surface area contributed by atoms with Crippen LogP contribution in [-0.2, 0) is 0 Å². The molecular formula is C19H35NS. The average Bonchev–Trinajstić information content (AvgIpc) is 2.44. The maximum atomic E-state index is 3.91. The van der Waals surface area contributed by atoms with E-state index in [-0.39, 0.29) is 0 Å². The van der Waals surface area contributed by atoms with Crippen molar-refractivity contribution in [2.45, 2.75) is 71.8 Å². The minimum absolute atomic E-state index is 0.674. The lowest BCUT2D eigenvalue weighted by molar-refractivity contribution is -0.0691. The van der Waals surface area contributed by atoms with Crippen LogP contribution in [0, 0.1) is 29.1 Å². The minimum atomic E-state index is 0.674. The van der Waals surface area contributed by atoms with E-state index in [1.54, 1.807) is 38.5 Å². The fourth-order valence-electron chi connectivity index (χ4n) is 5.81. The van der Waals surface area contributed by atoms with Gasteiger partial charge >= 0.3 is 0 Å². The maximum absolute atomic E-state index is 3.91. The highest BCUT2D eigenvalue weighted by atomic mass is 32.2. The molecule has 0 aliphatic heterocycles. The van der Waals surface area contributed by atoms with Crippen LogP contribution in [0.5, 0.6) is 0 Å². The molecule has 0 aromatic heterocycles. The zero-order valence-electron chi connectivity index (χ0n) is 14.4. The molecule has 2 heteroatoms. The third kappa shape index (κ3) is 3.47. The quantitative estimate of drug-likeness (QED) is 0.680. The third-order valence-corrected chi connectivity index (χ3v) is 8.03. The van der Waals surface area contributed by atoms with Crippen molar-refractivity contribution >= 4 is 11.8 Å². The van der Waals surface area contributed by atoms with Gasteiger partial charge in [0.15, 0.2) is 0 Å². The van der Waals surface area contributed by atoms with Crippen molar-refractivity contribution < 1.29 is 0 Å². The Kier molecular flexibility index (Phi) is 5.26. The van der Waals surface area contributed by atoms with E-state index >= 15 is 0 Å². The monoisotopic (exact) mass is 309 g/mol. The molecule has 4 saturated carbocycles. The van der Waals surface area contributed by atoms with E-state index in [2.05, 4.69) is 37.8 Å². The molecule has 4 aliphatic carbocycles. The number of hydrogen-bond acceptors (Lipinski definition) is 2. The van der Waals surface area contributed by atoms with Gasteiger partial charge in [0.2, 0.25) is 0 Å². The molecule has 4 aliphatic rings. The van der Waals surface area contributed by atoms with Crippen LogP contribution in [0.3, 0.4) is 0 Å². The zero-order chi connectivity index (χ0) is 14.9. The van der Waals surface area contributed by atoms with Crippen molar-refractivity contribution in [1.82, 2.24) is 5.32 Å². The first-order valence-corrected chi connectivity index (χ1v) is 10.6. The molecule has 0 aromatic carbocycles. The predicted molar refractivity (Wildman–Crippen MR) is 94.8 cm³/mol. The fraction of sp³-hybridized carbons (Fsp3) is 1.00. The first-order valence-electron chi connectivity index (χ1n) is 9.46. The number of hydrogen-bond donors (Lipinski definition) is 1. The summed E-state index contributed by atoms with van der Waals surface area (Å²) in [6.07, 6.45) is 10.7. The van der Waals surface area contributed by atoms with Gasteiger partial charge in [-0.05, 0) is 79.9 Å². The minimum Gasteiger partial charge on any atom is -0.313 e. The van der Waals surface area contributed by atoms with Crippen LogP contribution in [0.4, 0.5) is 0 Å². The summed E-state index contributed by atoms with van der Waals surface area (Å²) in [5.41, 5.74) is 0.674. The van der Waals surface area contributed by atoms with Crippen molar-refractivity contribution in [3.63, 3.8) is 0 Å². The van der Waals surface area contributed by atoms with E-state index in [0.717, 1.165) is 36.3 Å². The van der Waals surface area contributed by atoms with Crippen molar-refractivity contribution in [2.75, 3.05) is 18.1 Å². The van der Waals surface area contributed by atoms with E-state index in [1.807, 2.05) is 0 Å². The molecule has 4 rings (SSSR count). The summed E-state index contributed by atoms with van der Waals surface area (Å²) >= 11 is 2.22. The summed E-state index contributed by atoms with van der Waals surface area (Å²) in [5.74, 6) is 6.83. The molecule has 0 spiro atoms. The SMILES string of the molecule is CCNC(CSCC(C)CC)C12CC3CC(CC(C3)C1)C2. The molecular weight excluding hydrogens is 274 g/mol. The van der Waals surface area contributed by atoms with Gasteiger partial charge in [0.25, 0.3) is 0 Å². The van der Waals surface area contributed by atoms with Crippen molar-refractivity contribution in [2.24, 2.45) is 29.1 Å². The zero-order valence-corrected chi connectivity index (χ0v) is 15.2. The summed E-state index contributed by atoms with van der Waals surface area (Å²) in [4.78, 5) is 0. The highest BCUT2D eigenvalue weighted by molar-refractivity contribution is 7.99. The Hall–Kier alpha value is 0.310. The van der Waals surface area contributed by atoms with Crippen molar-refractivity contribution in [1.29, 1.82) is 0 Å². The van der Waals surface area contributed by atoms with Gasteiger partial charge in [-0.3, -0.25) is 0 Å². The molecule has 0 saturated heterocycles. The summed E-state index contributed by atoms with van der Waals surface area (Å²) < 4.78 is 0. The Labute approximate surface area is 136 Å². The lowest BCUT2D eigenvalue weighted by atomic mass is 9.48. The Bertz CT molecular complexity index is 305. The highest BCUT2D eigenvalue weighted by Crippen LogP contribution is 2.61. The fourth-order valence-corrected chi connectivity index (χ4v) is 7.29. The molecule has 122 valence electrons. The molecule has 2 atom stereocenters. The second kappa shape index (κ2) is 6.83. The highest BCUT2D eigenvalue weighted by Gasteiger charge is 2.53. The van der Waals surface area contributed by atoms with Gasteiger partial charge in [-0.25, -0.2) is 0 Å². The van der Waals surface area contributed by atoms with E-state index in [4.69, 9.17) is 0 Å². The van der Waals surface area contributed by atoms with E-state index in [0.29, 0.717) is 5.41 Å². The van der Waals surface area contributed by atoms with Crippen LogP contribution in [0.2, 0.25) is 0 Å². The molecule has 0 heterocycles. The van der Waals surface area contributed by atoms with Crippen LogP contribution < -0.4 is 5.32 Å².